The van der Waals surface area contributed by atoms with Gasteiger partial charge in [-0.05, 0) is 13.8 Å². The van der Waals surface area contributed by atoms with Crippen LogP contribution < -0.4 is 0 Å². The molecule has 0 radical (unpaired) electrons. The van der Waals surface area contributed by atoms with Gasteiger partial charge in [-0.1, -0.05) is 11.6 Å². The second-order valence-electron chi connectivity index (χ2n) is 2.54. The first kappa shape index (κ1) is 9.06. The number of halogens is 1. The molecule has 0 aromatic carbocycles. The number of carboxylic acids is 1. The van der Waals surface area contributed by atoms with Gasteiger partial charge in [0.15, 0.2) is 0 Å². The molecule has 4 nitrogen and oxygen atoms in total. The van der Waals surface area contributed by atoms with Crippen LogP contribution in [0.5, 0.6) is 0 Å². The van der Waals surface area contributed by atoms with E-state index in [1.807, 2.05) is 0 Å². The van der Waals surface area contributed by atoms with Crippen molar-refractivity contribution in [3.8, 4) is 0 Å². The molecule has 1 rings (SSSR count). The first-order chi connectivity index (χ1) is 5.54. The van der Waals surface area contributed by atoms with Gasteiger partial charge in [-0.25, -0.2) is 4.79 Å². The van der Waals surface area contributed by atoms with Crippen molar-refractivity contribution in [2.45, 2.75) is 19.9 Å². The van der Waals surface area contributed by atoms with Crippen molar-refractivity contribution < 1.29 is 9.90 Å². The lowest BCUT2D eigenvalue weighted by Crippen LogP contribution is -2.17. The fourth-order valence-corrected chi connectivity index (χ4v) is 1.03. The van der Waals surface area contributed by atoms with Gasteiger partial charge in [0.1, 0.15) is 6.04 Å². The van der Waals surface area contributed by atoms with E-state index in [0.29, 0.717) is 10.7 Å². The highest BCUT2D eigenvalue weighted by Gasteiger charge is 2.16. The van der Waals surface area contributed by atoms with Gasteiger partial charge in [0.05, 0.1) is 16.9 Å². The summed E-state index contributed by atoms with van der Waals surface area (Å²) in [5.41, 5.74) is 0.673. The number of rotatable bonds is 2. The Labute approximate surface area is 74.8 Å². The highest BCUT2D eigenvalue weighted by molar-refractivity contribution is 6.31. The van der Waals surface area contributed by atoms with Crippen molar-refractivity contribution in [3.63, 3.8) is 0 Å². The summed E-state index contributed by atoms with van der Waals surface area (Å²) >= 11 is 5.70. The summed E-state index contributed by atoms with van der Waals surface area (Å²) in [6.07, 6.45) is 1.44. The smallest absolute Gasteiger partial charge is 0.328 e. The highest BCUT2D eigenvalue weighted by Crippen LogP contribution is 2.17. The van der Waals surface area contributed by atoms with Gasteiger partial charge in [0.25, 0.3) is 0 Å². The monoisotopic (exact) mass is 188 g/mol. The Hall–Kier alpha value is -1.03. The molecule has 66 valence electrons. The van der Waals surface area contributed by atoms with Crippen molar-refractivity contribution >= 4 is 17.6 Å². The van der Waals surface area contributed by atoms with E-state index < -0.39 is 12.0 Å². The minimum atomic E-state index is -0.919. The van der Waals surface area contributed by atoms with E-state index in [-0.39, 0.29) is 0 Å². The number of aliphatic carboxylic acids is 1. The SMILES string of the molecule is Cc1c(Cl)cnn1[C@H](C)C(=O)O. The first-order valence-corrected chi connectivity index (χ1v) is 3.84. The maximum atomic E-state index is 10.6. The Morgan fingerprint density at radius 1 is 1.83 bits per heavy atom. The minimum absolute atomic E-state index is 0.489. The van der Waals surface area contributed by atoms with Crippen LogP contribution in [0, 0.1) is 6.92 Å². The summed E-state index contributed by atoms with van der Waals surface area (Å²) in [5, 5.41) is 13.0. The van der Waals surface area contributed by atoms with Gasteiger partial charge in [0, 0.05) is 0 Å². The Balaban J connectivity index is 3.03. The largest absolute Gasteiger partial charge is 0.480 e. The third-order valence-corrected chi connectivity index (χ3v) is 2.08. The maximum Gasteiger partial charge on any atom is 0.328 e. The molecular weight excluding hydrogens is 180 g/mol. The molecule has 0 bridgehead atoms. The van der Waals surface area contributed by atoms with Crippen molar-refractivity contribution in [2.24, 2.45) is 0 Å². The van der Waals surface area contributed by atoms with Crippen LogP contribution in [0.15, 0.2) is 6.20 Å². The third-order valence-electron chi connectivity index (χ3n) is 1.71. The Kier molecular flexibility index (Phi) is 2.38. The maximum absolute atomic E-state index is 10.6. The van der Waals surface area contributed by atoms with Crippen LogP contribution in [-0.2, 0) is 4.79 Å². The molecule has 1 atom stereocenters. The van der Waals surface area contributed by atoms with E-state index in [1.54, 1.807) is 13.8 Å². The molecular formula is C7H9ClN2O2. The molecule has 1 aromatic heterocycles. The van der Waals surface area contributed by atoms with E-state index in [0.717, 1.165) is 0 Å². The zero-order valence-electron chi connectivity index (χ0n) is 6.78. The first-order valence-electron chi connectivity index (χ1n) is 3.46. The van der Waals surface area contributed by atoms with Gasteiger partial charge in [-0.2, -0.15) is 5.10 Å². The molecule has 1 heterocycles. The fourth-order valence-electron chi connectivity index (χ4n) is 0.897. The molecule has 0 fully saturated rings. The number of carboxylic acid groups (broad SMARTS) is 1. The predicted molar refractivity (Wildman–Crippen MR) is 44.3 cm³/mol. The molecule has 0 aliphatic rings. The average molecular weight is 189 g/mol. The van der Waals surface area contributed by atoms with E-state index in [2.05, 4.69) is 5.10 Å². The van der Waals surface area contributed by atoms with Crippen LogP contribution in [0.2, 0.25) is 5.02 Å². The minimum Gasteiger partial charge on any atom is -0.480 e. The van der Waals surface area contributed by atoms with Crippen LogP contribution in [0.25, 0.3) is 0 Å². The number of aromatic nitrogens is 2. The molecule has 0 amide bonds. The summed E-state index contributed by atoms with van der Waals surface area (Å²) in [6, 6.07) is -0.669. The lowest BCUT2D eigenvalue weighted by atomic mass is 10.3. The number of hydrogen-bond donors (Lipinski definition) is 1. The second kappa shape index (κ2) is 3.15. The summed E-state index contributed by atoms with van der Waals surface area (Å²) in [6.45, 7) is 3.29. The lowest BCUT2D eigenvalue weighted by Gasteiger charge is -2.08. The second-order valence-corrected chi connectivity index (χ2v) is 2.94. The molecule has 0 aliphatic carbocycles. The average Bonchev–Trinajstić information content (AvgIpc) is 2.32. The summed E-state index contributed by atoms with van der Waals surface area (Å²) in [7, 11) is 0. The number of nitrogens with zero attached hydrogens (tertiary/aromatic N) is 2. The Morgan fingerprint density at radius 2 is 2.42 bits per heavy atom. The Morgan fingerprint density at radius 3 is 2.75 bits per heavy atom. The highest BCUT2D eigenvalue weighted by atomic mass is 35.5. The molecule has 12 heavy (non-hydrogen) atoms. The number of carbonyl (C=O) groups is 1. The molecule has 0 aliphatic heterocycles. The molecule has 0 spiro atoms. The van der Waals surface area contributed by atoms with Crippen molar-refractivity contribution in [1.29, 1.82) is 0 Å². The summed E-state index contributed by atoms with van der Waals surface area (Å²) in [4.78, 5) is 10.6. The standard InChI is InChI=1S/C7H9ClN2O2/c1-4-6(8)3-9-10(4)5(2)7(11)12/h3,5H,1-2H3,(H,11,12)/t5-/m1/s1. The zero-order valence-corrected chi connectivity index (χ0v) is 7.54. The van der Waals surface area contributed by atoms with Gasteiger partial charge >= 0.3 is 5.97 Å². The van der Waals surface area contributed by atoms with Crippen LogP contribution in [-0.4, -0.2) is 20.9 Å². The van der Waals surface area contributed by atoms with Crippen molar-refractivity contribution in [3.05, 3.63) is 16.9 Å². The van der Waals surface area contributed by atoms with E-state index in [1.165, 1.54) is 10.9 Å². The van der Waals surface area contributed by atoms with Crippen molar-refractivity contribution in [1.82, 2.24) is 9.78 Å². The molecule has 5 heteroatoms. The van der Waals surface area contributed by atoms with Crippen LogP contribution in [0.1, 0.15) is 18.7 Å². The van der Waals surface area contributed by atoms with Gasteiger partial charge in [0.2, 0.25) is 0 Å². The molecule has 0 unspecified atom stereocenters. The van der Waals surface area contributed by atoms with Gasteiger partial charge < -0.3 is 5.11 Å². The summed E-state index contributed by atoms with van der Waals surface area (Å²) < 4.78 is 1.38. The van der Waals surface area contributed by atoms with Gasteiger partial charge in [-0.15, -0.1) is 0 Å². The normalized spacial score (nSPS) is 12.9. The van der Waals surface area contributed by atoms with Crippen LogP contribution in [0.3, 0.4) is 0 Å². The van der Waals surface area contributed by atoms with E-state index in [9.17, 15) is 4.79 Å². The molecule has 0 saturated carbocycles. The molecule has 1 N–H and O–H groups in total. The Bertz CT molecular complexity index is 308. The predicted octanol–water partition coefficient (Wildman–Crippen LogP) is 1.49. The van der Waals surface area contributed by atoms with E-state index in [4.69, 9.17) is 16.7 Å². The van der Waals surface area contributed by atoms with E-state index >= 15 is 0 Å². The molecule has 1 aromatic rings. The zero-order chi connectivity index (χ0) is 9.30. The third kappa shape index (κ3) is 1.43. The lowest BCUT2D eigenvalue weighted by molar-refractivity contribution is -0.140. The quantitative estimate of drug-likeness (QED) is 0.765. The topological polar surface area (TPSA) is 55.1 Å². The fraction of sp³-hybridized carbons (Fsp3) is 0.429. The van der Waals surface area contributed by atoms with Crippen molar-refractivity contribution in [2.75, 3.05) is 0 Å². The summed E-state index contributed by atoms with van der Waals surface area (Å²) in [5.74, 6) is -0.919. The van der Waals surface area contributed by atoms with Gasteiger partial charge in [-0.3, -0.25) is 4.68 Å². The number of hydrogen-bond acceptors (Lipinski definition) is 2. The van der Waals surface area contributed by atoms with Crippen LogP contribution in [0.4, 0.5) is 0 Å². The van der Waals surface area contributed by atoms with Crippen LogP contribution >= 0.6 is 11.6 Å². The molecule has 0 saturated heterocycles.